The van der Waals surface area contributed by atoms with Crippen molar-refractivity contribution in [3.63, 3.8) is 0 Å². The lowest BCUT2D eigenvalue weighted by molar-refractivity contribution is -0.884. The molecule has 0 amide bonds. The molecule has 0 aliphatic heterocycles. The molecule has 0 aromatic rings. The van der Waals surface area contributed by atoms with E-state index in [4.69, 9.17) is 0 Å². The van der Waals surface area contributed by atoms with Crippen molar-refractivity contribution < 1.29 is 4.48 Å². The number of quaternary nitrogens is 1. The third-order valence-electron chi connectivity index (χ3n) is 2.03. The Balaban J connectivity index is 3.39. The lowest BCUT2D eigenvalue weighted by atomic mass is 10.3. The van der Waals surface area contributed by atoms with Crippen LogP contribution in [0, 0.1) is 0 Å². The monoisotopic (exact) mass is 183 g/mol. The van der Waals surface area contributed by atoms with E-state index < -0.39 is 0 Å². The average molecular weight is 183 g/mol. The molecule has 0 bridgehead atoms. The lowest BCUT2D eigenvalue weighted by Crippen LogP contribution is -2.41. The van der Waals surface area contributed by atoms with Gasteiger partial charge in [-0.05, 0) is 6.08 Å². The Morgan fingerprint density at radius 3 is 2.46 bits per heavy atom. The van der Waals surface area contributed by atoms with Gasteiger partial charge in [0.15, 0.2) is 0 Å². The van der Waals surface area contributed by atoms with Gasteiger partial charge in [0.25, 0.3) is 0 Å². The van der Waals surface area contributed by atoms with Gasteiger partial charge in [0.05, 0.1) is 27.2 Å². The van der Waals surface area contributed by atoms with Gasteiger partial charge in [-0.25, -0.2) is 0 Å². The first-order valence-corrected chi connectivity index (χ1v) is 4.87. The summed E-state index contributed by atoms with van der Waals surface area (Å²) in [7, 11) is 4.46. The van der Waals surface area contributed by atoms with E-state index in [1.54, 1.807) is 0 Å². The van der Waals surface area contributed by atoms with E-state index in [1.807, 2.05) is 12.2 Å². The molecule has 0 rings (SSSR count). The van der Waals surface area contributed by atoms with Crippen LogP contribution in [0.3, 0.4) is 0 Å². The van der Waals surface area contributed by atoms with Crippen LogP contribution in [-0.2, 0) is 0 Å². The molecule has 1 N–H and O–H groups in total. The molecule has 0 aromatic carbocycles. The number of nitrogens with one attached hydrogen (secondary N) is 1. The number of hydrogen-bond acceptors (Lipinski definition) is 1. The van der Waals surface area contributed by atoms with E-state index in [0.29, 0.717) is 0 Å². The molecule has 0 atom stereocenters. The topological polar surface area (TPSA) is 12.0 Å². The zero-order valence-electron chi connectivity index (χ0n) is 9.05. The lowest BCUT2D eigenvalue weighted by Gasteiger charge is -2.28. The number of nitrogens with zero attached hydrogens (tertiary/aromatic N) is 1. The van der Waals surface area contributed by atoms with Gasteiger partial charge in [-0.2, -0.15) is 0 Å². The molecule has 0 fully saturated rings. The molecule has 0 unspecified atom stereocenters. The van der Waals surface area contributed by atoms with Crippen LogP contribution in [-0.4, -0.2) is 44.8 Å². The maximum atomic E-state index is 3.76. The van der Waals surface area contributed by atoms with Crippen LogP contribution in [0.4, 0.5) is 0 Å². The summed E-state index contributed by atoms with van der Waals surface area (Å²) in [6.45, 7) is 11.6. The Morgan fingerprint density at radius 2 is 1.92 bits per heavy atom. The summed E-state index contributed by atoms with van der Waals surface area (Å²) in [5.41, 5.74) is 0. The van der Waals surface area contributed by atoms with Crippen molar-refractivity contribution in [2.75, 3.05) is 40.3 Å². The molecular formula is C11H23N2+. The second-order valence-electron chi connectivity index (χ2n) is 3.98. The van der Waals surface area contributed by atoms with Gasteiger partial charge in [0.1, 0.15) is 0 Å². The molecule has 0 radical (unpaired) electrons. The van der Waals surface area contributed by atoms with Gasteiger partial charge < -0.3 is 9.80 Å². The van der Waals surface area contributed by atoms with Gasteiger partial charge >= 0.3 is 0 Å². The van der Waals surface area contributed by atoms with Crippen molar-refractivity contribution in [1.29, 1.82) is 0 Å². The van der Waals surface area contributed by atoms with E-state index in [2.05, 4.69) is 32.6 Å². The first-order valence-electron chi connectivity index (χ1n) is 4.87. The minimum atomic E-state index is 0.912. The van der Waals surface area contributed by atoms with Gasteiger partial charge in [0.2, 0.25) is 0 Å². The molecule has 0 aliphatic rings. The first kappa shape index (κ1) is 12.4. The summed E-state index contributed by atoms with van der Waals surface area (Å²) in [6, 6.07) is 0. The van der Waals surface area contributed by atoms with Crippen LogP contribution in [0.15, 0.2) is 25.3 Å². The minimum absolute atomic E-state index is 0.912. The highest BCUT2D eigenvalue weighted by molar-refractivity contribution is 4.69. The number of likely N-dealkylation sites (N-methyl/N-ethyl adjacent to an activating group) is 1. The highest BCUT2D eigenvalue weighted by Gasteiger charge is 2.10. The third-order valence-corrected chi connectivity index (χ3v) is 2.03. The van der Waals surface area contributed by atoms with E-state index in [1.165, 1.54) is 13.0 Å². The molecule has 13 heavy (non-hydrogen) atoms. The normalized spacial score (nSPS) is 11.2. The quantitative estimate of drug-likeness (QED) is 0.341. The minimum Gasteiger partial charge on any atom is -0.325 e. The Kier molecular flexibility index (Phi) is 6.55. The van der Waals surface area contributed by atoms with Crippen LogP contribution in [0.5, 0.6) is 0 Å². The molecule has 76 valence electrons. The fourth-order valence-electron chi connectivity index (χ4n) is 1.28. The fraction of sp³-hybridized carbons (Fsp3) is 0.636. The van der Waals surface area contributed by atoms with Crippen molar-refractivity contribution in [1.82, 2.24) is 5.32 Å². The van der Waals surface area contributed by atoms with Crippen LogP contribution in [0.2, 0.25) is 0 Å². The summed E-state index contributed by atoms with van der Waals surface area (Å²) in [4.78, 5) is 0. The van der Waals surface area contributed by atoms with E-state index in [9.17, 15) is 0 Å². The van der Waals surface area contributed by atoms with Gasteiger partial charge in [-0.1, -0.05) is 12.7 Å². The molecule has 0 saturated carbocycles. The second-order valence-corrected chi connectivity index (χ2v) is 3.98. The van der Waals surface area contributed by atoms with Crippen molar-refractivity contribution in [2.45, 2.75) is 6.42 Å². The standard InChI is InChI=1S/C11H23N2/c1-5-8-12-9-7-11-13(3,4)10-6-2/h5-6,12H,1-2,7-11H2,3-4H3/q+1. The summed E-state index contributed by atoms with van der Waals surface area (Å²) in [5, 5.41) is 3.30. The Hall–Kier alpha value is -0.600. The van der Waals surface area contributed by atoms with Crippen molar-refractivity contribution >= 4 is 0 Å². The summed E-state index contributed by atoms with van der Waals surface area (Å²) < 4.78 is 1.03. The molecule has 0 spiro atoms. The van der Waals surface area contributed by atoms with Crippen LogP contribution < -0.4 is 5.32 Å². The van der Waals surface area contributed by atoms with Crippen LogP contribution in [0.25, 0.3) is 0 Å². The van der Waals surface area contributed by atoms with Gasteiger partial charge in [-0.15, -0.1) is 6.58 Å². The van der Waals surface area contributed by atoms with E-state index in [0.717, 1.165) is 24.1 Å². The molecule has 0 heterocycles. The predicted octanol–water partition coefficient (Wildman–Crippen LogP) is 1.41. The zero-order chi connectivity index (χ0) is 10.2. The SMILES string of the molecule is C=CCNCCC[N+](C)(C)CC=C. The van der Waals surface area contributed by atoms with Crippen LogP contribution >= 0.6 is 0 Å². The zero-order valence-corrected chi connectivity index (χ0v) is 9.05. The van der Waals surface area contributed by atoms with Gasteiger partial charge in [0, 0.05) is 19.5 Å². The maximum Gasteiger partial charge on any atom is 0.0966 e. The Labute approximate surface area is 82.5 Å². The highest BCUT2D eigenvalue weighted by atomic mass is 15.3. The molecule has 2 nitrogen and oxygen atoms in total. The summed E-state index contributed by atoms with van der Waals surface area (Å²) >= 11 is 0. The molecular weight excluding hydrogens is 160 g/mol. The van der Waals surface area contributed by atoms with E-state index >= 15 is 0 Å². The molecule has 0 aliphatic carbocycles. The highest BCUT2D eigenvalue weighted by Crippen LogP contribution is 1.98. The average Bonchev–Trinajstić information content (AvgIpc) is 2.04. The summed E-state index contributed by atoms with van der Waals surface area (Å²) in [6.07, 6.45) is 5.08. The summed E-state index contributed by atoms with van der Waals surface area (Å²) in [5.74, 6) is 0. The smallest absolute Gasteiger partial charge is 0.0966 e. The molecule has 2 heteroatoms. The van der Waals surface area contributed by atoms with E-state index in [-0.39, 0.29) is 0 Å². The van der Waals surface area contributed by atoms with Crippen molar-refractivity contribution in [2.24, 2.45) is 0 Å². The van der Waals surface area contributed by atoms with Crippen LogP contribution in [0.1, 0.15) is 6.42 Å². The maximum absolute atomic E-state index is 3.76. The van der Waals surface area contributed by atoms with Gasteiger partial charge in [-0.3, -0.25) is 0 Å². The Morgan fingerprint density at radius 1 is 1.23 bits per heavy atom. The third kappa shape index (κ3) is 7.75. The largest absolute Gasteiger partial charge is 0.325 e. The van der Waals surface area contributed by atoms with Crippen molar-refractivity contribution in [3.05, 3.63) is 25.3 Å². The molecule has 0 saturated heterocycles. The van der Waals surface area contributed by atoms with Crippen molar-refractivity contribution in [3.8, 4) is 0 Å². The number of hydrogen-bond donors (Lipinski definition) is 1. The number of rotatable bonds is 8. The fourth-order valence-corrected chi connectivity index (χ4v) is 1.28. The molecule has 0 aromatic heterocycles. The first-order chi connectivity index (χ1) is 6.12. The predicted molar refractivity (Wildman–Crippen MR) is 59.7 cm³/mol. The Bertz CT molecular complexity index is 150. The second kappa shape index (κ2) is 6.87.